The van der Waals surface area contributed by atoms with Crippen LogP contribution in [0.4, 0.5) is 5.69 Å². The van der Waals surface area contributed by atoms with Crippen molar-refractivity contribution >= 4 is 31.6 Å². The third-order valence-electron chi connectivity index (χ3n) is 6.49. The topological polar surface area (TPSA) is 122 Å². The first kappa shape index (κ1) is 31.5. The molecule has 0 saturated heterocycles. The van der Waals surface area contributed by atoms with E-state index in [1.165, 1.54) is 49.8 Å². The number of methoxy groups -OCH3 is 1. The summed E-state index contributed by atoms with van der Waals surface area (Å²) in [7, 11) is -3.23. The van der Waals surface area contributed by atoms with Gasteiger partial charge in [-0.25, -0.2) is 21.1 Å². The van der Waals surface area contributed by atoms with Gasteiger partial charge < -0.3 is 14.8 Å². The van der Waals surface area contributed by atoms with Gasteiger partial charge in [0.2, 0.25) is 10.0 Å². The van der Waals surface area contributed by atoms with Gasteiger partial charge in [-0.15, -0.1) is 0 Å². The maximum absolute atomic E-state index is 13.9. The van der Waals surface area contributed by atoms with E-state index in [2.05, 4.69) is 5.32 Å². The van der Waals surface area contributed by atoms with Gasteiger partial charge in [0.1, 0.15) is 18.1 Å². The summed E-state index contributed by atoms with van der Waals surface area (Å²) in [4.78, 5) is 13.5. The summed E-state index contributed by atoms with van der Waals surface area (Å²) in [6, 6.07) is 27.7. The summed E-state index contributed by atoms with van der Waals surface area (Å²) in [6.45, 7) is 0.225. The Labute approximate surface area is 252 Å². The third kappa shape index (κ3) is 7.53. The van der Waals surface area contributed by atoms with Crippen LogP contribution >= 0.6 is 0 Å². The van der Waals surface area contributed by atoms with Gasteiger partial charge in [-0.2, -0.15) is 0 Å². The zero-order valence-electron chi connectivity index (χ0n) is 24.0. The lowest BCUT2D eigenvalue weighted by Crippen LogP contribution is -2.34. The van der Waals surface area contributed by atoms with Crippen molar-refractivity contribution in [2.24, 2.45) is 0 Å². The summed E-state index contributed by atoms with van der Waals surface area (Å²) >= 11 is 0. The molecule has 0 aliphatic carbocycles. The Morgan fingerprint density at radius 3 is 1.88 bits per heavy atom. The minimum atomic E-state index is -4.09. The number of sulfonamides is 2. The average Bonchev–Trinajstić information content (AvgIpc) is 3.02. The van der Waals surface area contributed by atoms with Gasteiger partial charge in [-0.3, -0.25) is 9.10 Å². The first-order chi connectivity index (χ1) is 20.5. The maximum Gasteiger partial charge on any atom is 0.264 e. The standard InChI is InChI=1S/C31H33N3O7S2/c1-33(2)42(36,37)27-19-15-26(16-20-27)41-22-21-32-31(35)29-11-7-8-12-30(29)34(23-24-9-5-4-6-10-24)43(38,39)28-17-13-25(40-3)14-18-28/h4-20H,21-23H2,1-3H3,(H,32,35). The Bertz CT molecular complexity index is 1740. The second-order valence-corrected chi connectivity index (χ2v) is 13.6. The number of ether oxygens (including phenoxy) is 2. The van der Waals surface area contributed by atoms with Crippen molar-refractivity contribution in [3.05, 3.63) is 114 Å². The van der Waals surface area contributed by atoms with E-state index in [4.69, 9.17) is 9.47 Å². The number of para-hydroxylation sites is 1. The number of hydrogen-bond acceptors (Lipinski definition) is 7. The van der Waals surface area contributed by atoms with Crippen molar-refractivity contribution in [3.63, 3.8) is 0 Å². The number of carbonyl (C=O) groups excluding carboxylic acids is 1. The lowest BCUT2D eigenvalue weighted by Gasteiger charge is -2.26. The number of anilines is 1. The molecule has 10 nitrogen and oxygen atoms in total. The first-order valence-electron chi connectivity index (χ1n) is 13.3. The third-order valence-corrected chi connectivity index (χ3v) is 10.1. The lowest BCUT2D eigenvalue weighted by molar-refractivity contribution is 0.0947. The lowest BCUT2D eigenvalue weighted by atomic mass is 10.1. The van der Waals surface area contributed by atoms with Crippen LogP contribution < -0.4 is 19.1 Å². The molecule has 0 bridgehead atoms. The Hall–Kier alpha value is -4.39. The Morgan fingerprint density at radius 2 is 1.28 bits per heavy atom. The Balaban J connectivity index is 1.52. The highest BCUT2D eigenvalue weighted by Crippen LogP contribution is 2.30. The van der Waals surface area contributed by atoms with Crippen molar-refractivity contribution in [3.8, 4) is 11.5 Å². The predicted octanol–water partition coefficient (Wildman–Crippen LogP) is 4.15. The molecule has 0 aliphatic heterocycles. The van der Waals surface area contributed by atoms with Crippen molar-refractivity contribution in [1.82, 2.24) is 9.62 Å². The number of hydrogen-bond donors (Lipinski definition) is 1. The molecule has 0 heterocycles. The van der Waals surface area contributed by atoms with E-state index in [0.29, 0.717) is 11.5 Å². The number of carbonyl (C=O) groups is 1. The fourth-order valence-corrected chi connectivity index (χ4v) is 6.53. The number of benzene rings is 4. The first-order valence-corrected chi connectivity index (χ1v) is 16.2. The highest BCUT2D eigenvalue weighted by molar-refractivity contribution is 7.92. The van der Waals surface area contributed by atoms with Gasteiger partial charge in [0.05, 0.1) is 41.2 Å². The molecule has 226 valence electrons. The molecule has 0 unspecified atom stereocenters. The van der Waals surface area contributed by atoms with Gasteiger partial charge in [-0.1, -0.05) is 42.5 Å². The van der Waals surface area contributed by atoms with Gasteiger partial charge in [0, 0.05) is 14.1 Å². The molecule has 0 radical (unpaired) electrons. The Kier molecular flexibility index (Phi) is 10.1. The van der Waals surface area contributed by atoms with E-state index >= 15 is 0 Å². The second kappa shape index (κ2) is 13.7. The van der Waals surface area contributed by atoms with Gasteiger partial charge in [0.25, 0.3) is 15.9 Å². The number of nitrogens with one attached hydrogen (secondary N) is 1. The molecule has 0 saturated carbocycles. The van der Waals surface area contributed by atoms with E-state index < -0.39 is 26.0 Å². The fraction of sp³-hybridized carbons (Fsp3) is 0.194. The normalized spacial score (nSPS) is 11.6. The molecule has 0 fully saturated rings. The zero-order chi connectivity index (χ0) is 31.0. The fourth-order valence-electron chi connectivity index (χ4n) is 4.15. The quantitative estimate of drug-likeness (QED) is 0.222. The molecule has 0 spiro atoms. The van der Waals surface area contributed by atoms with Gasteiger partial charge in [0.15, 0.2) is 0 Å². The van der Waals surface area contributed by atoms with Crippen LogP contribution in [-0.2, 0) is 26.6 Å². The summed E-state index contributed by atoms with van der Waals surface area (Å²) in [5.74, 6) is 0.478. The average molecular weight is 624 g/mol. The molecule has 4 aromatic rings. The van der Waals surface area contributed by atoms with E-state index in [9.17, 15) is 21.6 Å². The predicted molar refractivity (Wildman–Crippen MR) is 164 cm³/mol. The van der Waals surface area contributed by atoms with Crippen LogP contribution in [0.25, 0.3) is 0 Å². The number of rotatable bonds is 13. The molecule has 0 atom stereocenters. The minimum absolute atomic E-state index is 0.00213. The second-order valence-electron chi connectivity index (χ2n) is 9.55. The van der Waals surface area contributed by atoms with Crippen LogP contribution in [0.3, 0.4) is 0 Å². The van der Waals surface area contributed by atoms with Crippen LogP contribution in [0, 0.1) is 0 Å². The van der Waals surface area contributed by atoms with Crippen LogP contribution in [-0.4, -0.2) is 61.4 Å². The van der Waals surface area contributed by atoms with Crippen LogP contribution in [0.2, 0.25) is 0 Å². The zero-order valence-corrected chi connectivity index (χ0v) is 25.6. The van der Waals surface area contributed by atoms with Crippen LogP contribution in [0.5, 0.6) is 11.5 Å². The smallest absolute Gasteiger partial charge is 0.264 e. The summed E-state index contributed by atoms with van der Waals surface area (Å²) in [6.07, 6.45) is 0. The highest BCUT2D eigenvalue weighted by atomic mass is 32.2. The molecular formula is C31H33N3O7S2. The summed E-state index contributed by atoms with van der Waals surface area (Å²) in [5, 5.41) is 2.78. The minimum Gasteiger partial charge on any atom is -0.497 e. The number of amides is 1. The number of nitrogens with zero attached hydrogens (tertiary/aromatic N) is 2. The molecule has 0 aromatic heterocycles. The van der Waals surface area contributed by atoms with Gasteiger partial charge in [-0.05, 0) is 66.2 Å². The largest absolute Gasteiger partial charge is 0.497 e. The summed E-state index contributed by atoms with van der Waals surface area (Å²) < 4.78 is 65.6. The van der Waals surface area contributed by atoms with E-state index in [-0.39, 0.29) is 40.7 Å². The van der Waals surface area contributed by atoms with Crippen molar-refractivity contribution < 1.29 is 31.1 Å². The molecular weight excluding hydrogens is 590 g/mol. The SMILES string of the molecule is COc1ccc(S(=O)(=O)N(Cc2ccccc2)c2ccccc2C(=O)NCCOc2ccc(S(=O)(=O)N(C)C)cc2)cc1. The van der Waals surface area contributed by atoms with Crippen LogP contribution in [0.1, 0.15) is 15.9 Å². The summed E-state index contributed by atoms with van der Waals surface area (Å²) in [5.41, 5.74) is 1.14. The molecule has 1 N–H and O–H groups in total. The maximum atomic E-state index is 13.9. The molecule has 43 heavy (non-hydrogen) atoms. The van der Waals surface area contributed by atoms with Crippen LogP contribution in [0.15, 0.2) is 113 Å². The van der Waals surface area contributed by atoms with Crippen molar-refractivity contribution in [1.29, 1.82) is 0 Å². The molecule has 4 rings (SSSR count). The van der Waals surface area contributed by atoms with Gasteiger partial charge >= 0.3 is 0 Å². The molecule has 0 aliphatic rings. The molecule has 1 amide bonds. The Morgan fingerprint density at radius 1 is 0.721 bits per heavy atom. The highest BCUT2D eigenvalue weighted by Gasteiger charge is 2.28. The molecule has 4 aromatic carbocycles. The van der Waals surface area contributed by atoms with E-state index in [1.807, 2.05) is 30.3 Å². The van der Waals surface area contributed by atoms with Crippen molar-refractivity contribution in [2.75, 3.05) is 38.7 Å². The van der Waals surface area contributed by atoms with E-state index in [0.717, 1.165) is 9.87 Å². The monoisotopic (exact) mass is 623 g/mol. The van der Waals surface area contributed by atoms with Crippen molar-refractivity contribution in [2.45, 2.75) is 16.3 Å². The van der Waals surface area contributed by atoms with E-state index in [1.54, 1.807) is 48.5 Å². The molecule has 12 heteroatoms.